The van der Waals surface area contributed by atoms with Crippen LogP contribution in [0, 0.1) is 22.7 Å². The van der Waals surface area contributed by atoms with Crippen LogP contribution in [0.2, 0.25) is 5.02 Å². The fourth-order valence-electron chi connectivity index (χ4n) is 2.98. The van der Waals surface area contributed by atoms with E-state index in [-0.39, 0.29) is 12.2 Å². The number of carbonyl (C=O) groups is 2. The third-order valence-electron chi connectivity index (χ3n) is 4.60. The molecule has 0 bridgehead atoms. The van der Waals surface area contributed by atoms with Crippen LogP contribution in [0.3, 0.4) is 0 Å². The lowest BCUT2D eigenvalue weighted by Crippen LogP contribution is -2.41. The molecule has 4 nitrogen and oxygen atoms in total. The van der Waals surface area contributed by atoms with Crippen LogP contribution in [-0.2, 0) is 9.53 Å². The lowest BCUT2D eigenvalue weighted by Gasteiger charge is -2.30. The Kier molecular flexibility index (Phi) is 7.78. The van der Waals surface area contributed by atoms with Crippen molar-refractivity contribution in [1.82, 2.24) is 0 Å². The van der Waals surface area contributed by atoms with Crippen LogP contribution in [0.15, 0.2) is 58.6 Å². The maximum absolute atomic E-state index is 13.5. The Bertz CT molecular complexity index is 959. The number of halogens is 2. The quantitative estimate of drug-likeness (QED) is 0.276. The van der Waals surface area contributed by atoms with E-state index in [1.165, 1.54) is 0 Å². The second-order valence-corrected chi connectivity index (χ2v) is 8.09. The molecular formula is C23H21BrClNO3. The fraction of sp³-hybridized carbons (Fsp3) is 0.261. The molecule has 29 heavy (non-hydrogen) atoms. The minimum absolute atomic E-state index is 0.0677. The zero-order valence-corrected chi connectivity index (χ0v) is 18.8. The molecular weight excluding hydrogens is 454 g/mol. The predicted octanol–water partition coefficient (Wildman–Crippen LogP) is 6.10. The van der Waals surface area contributed by atoms with E-state index in [0.717, 1.165) is 4.47 Å². The van der Waals surface area contributed by atoms with E-state index in [2.05, 4.69) is 22.0 Å². The SMILES string of the molecule is CCOC(=O)[C@@](C#N)(/C(=C/c1ccc(Br)cc1)C(=O)c1ccc(Cl)cc1)C(C)C. The van der Waals surface area contributed by atoms with Crippen LogP contribution < -0.4 is 0 Å². The Balaban J connectivity index is 2.74. The Morgan fingerprint density at radius 1 is 1.17 bits per heavy atom. The number of hydrogen-bond donors (Lipinski definition) is 0. The molecule has 0 aliphatic carbocycles. The van der Waals surface area contributed by atoms with E-state index in [1.54, 1.807) is 63.2 Å². The van der Waals surface area contributed by atoms with Gasteiger partial charge in [-0.1, -0.05) is 53.5 Å². The van der Waals surface area contributed by atoms with Crippen molar-refractivity contribution in [3.63, 3.8) is 0 Å². The highest BCUT2D eigenvalue weighted by molar-refractivity contribution is 9.10. The summed E-state index contributed by atoms with van der Waals surface area (Å²) >= 11 is 9.32. The van der Waals surface area contributed by atoms with Gasteiger partial charge in [-0.15, -0.1) is 0 Å². The summed E-state index contributed by atoms with van der Waals surface area (Å²) in [5, 5.41) is 10.6. The number of rotatable bonds is 7. The molecule has 6 heteroatoms. The highest BCUT2D eigenvalue weighted by Gasteiger charge is 2.49. The van der Waals surface area contributed by atoms with E-state index in [9.17, 15) is 14.9 Å². The van der Waals surface area contributed by atoms with Crippen LogP contribution in [0.1, 0.15) is 36.7 Å². The van der Waals surface area contributed by atoms with Gasteiger partial charge in [0, 0.05) is 20.6 Å². The van der Waals surface area contributed by atoms with Gasteiger partial charge in [0.2, 0.25) is 0 Å². The Morgan fingerprint density at radius 2 is 1.76 bits per heavy atom. The minimum atomic E-state index is -1.75. The first-order valence-corrected chi connectivity index (χ1v) is 10.3. The Hall–Kier alpha value is -2.42. The van der Waals surface area contributed by atoms with E-state index in [1.807, 2.05) is 12.1 Å². The van der Waals surface area contributed by atoms with Gasteiger partial charge in [0.25, 0.3) is 0 Å². The topological polar surface area (TPSA) is 67.2 Å². The minimum Gasteiger partial charge on any atom is -0.465 e. The number of benzene rings is 2. The molecule has 2 aromatic carbocycles. The smallest absolute Gasteiger partial charge is 0.331 e. The summed E-state index contributed by atoms with van der Waals surface area (Å²) in [4.78, 5) is 26.4. The number of esters is 1. The molecule has 0 fully saturated rings. The second-order valence-electron chi connectivity index (χ2n) is 6.74. The van der Waals surface area contributed by atoms with Crippen molar-refractivity contribution < 1.29 is 14.3 Å². The van der Waals surface area contributed by atoms with E-state index in [0.29, 0.717) is 16.1 Å². The van der Waals surface area contributed by atoms with Gasteiger partial charge in [-0.3, -0.25) is 4.79 Å². The molecule has 0 N–H and O–H groups in total. The summed E-state index contributed by atoms with van der Waals surface area (Å²) in [6.07, 6.45) is 1.59. The summed E-state index contributed by atoms with van der Waals surface area (Å²) in [5.74, 6) is -1.65. The molecule has 0 spiro atoms. The van der Waals surface area contributed by atoms with Gasteiger partial charge in [0.1, 0.15) is 0 Å². The van der Waals surface area contributed by atoms with Crippen LogP contribution >= 0.6 is 27.5 Å². The zero-order valence-electron chi connectivity index (χ0n) is 16.4. The second kappa shape index (κ2) is 9.87. The van der Waals surface area contributed by atoms with Gasteiger partial charge >= 0.3 is 5.97 Å². The van der Waals surface area contributed by atoms with Crippen molar-refractivity contribution in [1.29, 1.82) is 5.26 Å². The predicted molar refractivity (Wildman–Crippen MR) is 117 cm³/mol. The molecule has 0 aromatic heterocycles. The van der Waals surface area contributed by atoms with Crippen molar-refractivity contribution >= 4 is 45.4 Å². The molecule has 1 atom stereocenters. The number of ketones is 1. The molecule has 0 saturated heterocycles. The van der Waals surface area contributed by atoms with Crippen molar-refractivity contribution in [3.05, 3.63) is 74.7 Å². The first kappa shape index (κ1) is 22.9. The average molecular weight is 475 g/mol. The van der Waals surface area contributed by atoms with E-state index in [4.69, 9.17) is 16.3 Å². The molecule has 2 aromatic rings. The summed E-state index contributed by atoms with van der Waals surface area (Å²) in [7, 11) is 0. The third-order valence-corrected chi connectivity index (χ3v) is 5.38. The fourth-order valence-corrected chi connectivity index (χ4v) is 3.37. The molecule has 0 aliphatic heterocycles. The molecule has 0 heterocycles. The normalized spacial score (nSPS) is 13.5. The number of Topliss-reactive ketones (excluding diaryl/α,β-unsaturated/α-hetero) is 1. The largest absolute Gasteiger partial charge is 0.465 e. The first-order valence-electron chi connectivity index (χ1n) is 9.12. The van der Waals surface area contributed by atoms with Crippen LogP contribution in [-0.4, -0.2) is 18.4 Å². The monoisotopic (exact) mass is 473 g/mol. The lowest BCUT2D eigenvalue weighted by molar-refractivity contribution is -0.151. The van der Waals surface area contributed by atoms with Gasteiger partial charge in [-0.25, -0.2) is 4.79 Å². The van der Waals surface area contributed by atoms with Gasteiger partial charge in [-0.2, -0.15) is 5.26 Å². The molecule has 0 radical (unpaired) electrons. The molecule has 0 amide bonds. The van der Waals surface area contributed by atoms with E-state index < -0.39 is 23.1 Å². The highest BCUT2D eigenvalue weighted by Crippen LogP contribution is 2.40. The van der Waals surface area contributed by atoms with Gasteiger partial charge in [-0.05, 0) is 60.9 Å². The van der Waals surface area contributed by atoms with Crippen LogP contribution in [0.25, 0.3) is 6.08 Å². The maximum atomic E-state index is 13.5. The molecule has 0 saturated carbocycles. The van der Waals surface area contributed by atoms with E-state index >= 15 is 0 Å². The molecule has 0 unspecified atom stereocenters. The summed E-state index contributed by atoms with van der Waals surface area (Å²) in [5.41, 5.74) is -0.657. The van der Waals surface area contributed by atoms with Crippen LogP contribution in [0.4, 0.5) is 0 Å². The number of hydrogen-bond acceptors (Lipinski definition) is 4. The van der Waals surface area contributed by atoms with Crippen molar-refractivity contribution in [2.24, 2.45) is 11.3 Å². The van der Waals surface area contributed by atoms with Gasteiger partial charge in [0.15, 0.2) is 11.2 Å². The third kappa shape index (κ3) is 4.95. The number of ether oxygens (including phenoxy) is 1. The number of nitrogens with zero attached hydrogens (tertiary/aromatic N) is 1. The zero-order chi connectivity index (χ0) is 21.6. The average Bonchev–Trinajstić information content (AvgIpc) is 2.69. The van der Waals surface area contributed by atoms with Gasteiger partial charge < -0.3 is 4.74 Å². The van der Waals surface area contributed by atoms with Crippen LogP contribution in [0.5, 0.6) is 0 Å². The number of nitriles is 1. The first-order chi connectivity index (χ1) is 13.8. The maximum Gasteiger partial charge on any atom is 0.331 e. The van der Waals surface area contributed by atoms with Gasteiger partial charge in [0.05, 0.1) is 12.7 Å². The van der Waals surface area contributed by atoms with Crippen molar-refractivity contribution in [2.45, 2.75) is 20.8 Å². The summed E-state index contributed by atoms with van der Waals surface area (Å²) in [6, 6.07) is 15.7. The Morgan fingerprint density at radius 3 is 2.24 bits per heavy atom. The van der Waals surface area contributed by atoms with Crippen molar-refractivity contribution in [3.8, 4) is 6.07 Å². The summed E-state index contributed by atoms with van der Waals surface area (Å²) in [6.45, 7) is 5.23. The highest BCUT2D eigenvalue weighted by atomic mass is 79.9. The van der Waals surface area contributed by atoms with Crippen molar-refractivity contribution in [2.75, 3.05) is 6.61 Å². The summed E-state index contributed by atoms with van der Waals surface area (Å²) < 4.78 is 6.10. The standard InChI is InChI=1S/C23H21BrClNO3/c1-4-29-22(28)23(14-26,15(2)3)20(13-16-5-9-18(24)10-6-16)21(27)17-7-11-19(25)12-8-17/h5-13,15H,4H2,1-3H3/b20-13+/t23-/m1/s1. The molecule has 150 valence electrons. The molecule has 0 aliphatic rings. The number of carbonyl (C=O) groups excluding carboxylic acids is 2. The lowest BCUT2D eigenvalue weighted by atomic mass is 9.69. The Labute approximate surface area is 184 Å². The molecule has 2 rings (SSSR count).